The van der Waals surface area contributed by atoms with Crippen LogP contribution in [0.4, 0.5) is 0 Å². The molecule has 21 heavy (non-hydrogen) atoms. The number of fused-ring (bicyclic) bond motifs is 1. The van der Waals surface area contributed by atoms with E-state index in [0.29, 0.717) is 26.1 Å². The Hall–Kier alpha value is -1.81. The highest BCUT2D eigenvalue weighted by molar-refractivity contribution is 6.01. The molecule has 1 aliphatic carbocycles. The second-order valence-electron chi connectivity index (χ2n) is 5.08. The fourth-order valence-corrected chi connectivity index (χ4v) is 2.77. The maximum absolute atomic E-state index is 11.9. The molecule has 112 valence electrons. The first-order valence-corrected chi connectivity index (χ1v) is 6.96. The monoisotopic (exact) mass is 307 g/mol. The number of likely N-dealkylation sites (tertiary alicyclic amines) is 1. The van der Waals surface area contributed by atoms with E-state index in [1.54, 1.807) is 6.92 Å². The van der Waals surface area contributed by atoms with E-state index in [4.69, 9.17) is 4.74 Å². The standard InChI is InChI=1S/C16H17NO3.ClH/c1-2-20-16(19)13-10-17(8-7-15(13)18)14-9-11-5-3-4-6-12(11)14;/h3-6,9,13H,2,7-8,10H2,1H3;1H. The van der Waals surface area contributed by atoms with Gasteiger partial charge in [-0.15, -0.1) is 12.4 Å². The summed E-state index contributed by atoms with van der Waals surface area (Å²) in [6.07, 6.45) is 2.51. The van der Waals surface area contributed by atoms with Gasteiger partial charge in [-0.25, -0.2) is 0 Å². The quantitative estimate of drug-likeness (QED) is 0.635. The fraction of sp³-hybridized carbons (Fsp3) is 0.375. The minimum Gasteiger partial charge on any atom is -0.465 e. The molecule has 0 saturated carbocycles. The fourth-order valence-electron chi connectivity index (χ4n) is 2.77. The summed E-state index contributed by atoms with van der Waals surface area (Å²) in [6.45, 7) is 3.18. The van der Waals surface area contributed by atoms with Gasteiger partial charge in [0.25, 0.3) is 0 Å². The number of halogens is 1. The third-order valence-corrected chi connectivity index (χ3v) is 3.86. The summed E-state index contributed by atoms with van der Waals surface area (Å²) in [6, 6.07) is 8.15. The molecule has 3 rings (SSSR count). The maximum Gasteiger partial charge on any atom is 0.318 e. The Kier molecular flexibility index (Phi) is 4.68. The van der Waals surface area contributed by atoms with Gasteiger partial charge in [0.15, 0.2) is 5.78 Å². The number of hydrogen-bond donors (Lipinski definition) is 0. The van der Waals surface area contributed by atoms with Gasteiger partial charge in [0.1, 0.15) is 5.92 Å². The second-order valence-corrected chi connectivity index (χ2v) is 5.08. The van der Waals surface area contributed by atoms with Crippen molar-refractivity contribution in [1.29, 1.82) is 0 Å². The zero-order valence-corrected chi connectivity index (χ0v) is 12.7. The lowest BCUT2D eigenvalue weighted by atomic mass is 9.89. The number of ether oxygens (including phenoxy) is 1. The molecule has 1 unspecified atom stereocenters. The van der Waals surface area contributed by atoms with Crippen LogP contribution in [-0.2, 0) is 14.3 Å². The van der Waals surface area contributed by atoms with Crippen LogP contribution < -0.4 is 0 Å². The van der Waals surface area contributed by atoms with Crippen molar-refractivity contribution in [3.8, 4) is 0 Å². The Morgan fingerprint density at radius 1 is 1.38 bits per heavy atom. The summed E-state index contributed by atoms with van der Waals surface area (Å²) >= 11 is 0. The molecule has 1 aromatic rings. The number of ketones is 1. The van der Waals surface area contributed by atoms with Crippen LogP contribution in [0.1, 0.15) is 24.5 Å². The average molecular weight is 308 g/mol. The van der Waals surface area contributed by atoms with E-state index in [1.165, 1.54) is 11.1 Å². The molecular formula is C16H18ClNO3. The number of rotatable bonds is 3. The normalized spacial score (nSPS) is 19.9. The number of carbonyl (C=O) groups excluding carboxylic acids is 2. The molecule has 0 aromatic heterocycles. The second kappa shape index (κ2) is 6.31. The highest BCUT2D eigenvalue weighted by Crippen LogP contribution is 2.36. The summed E-state index contributed by atoms with van der Waals surface area (Å²) in [4.78, 5) is 25.8. The zero-order valence-electron chi connectivity index (χ0n) is 11.9. The average Bonchev–Trinajstić information content (AvgIpc) is 2.42. The van der Waals surface area contributed by atoms with Gasteiger partial charge in [0.2, 0.25) is 0 Å². The molecule has 0 spiro atoms. The summed E-state index contributed by atoms with van der Waals surface area (Å²) in [5.74, 6) is -1.04. The van der Waals surface area contributed by atoms with Gasteiger partial charge in [0, 0.05) is 30.8 Å². The SMILES string of the molecule is CCOC(=O)C1CN(C2=Cc3ccccc32)CCC1=O.Cl. The number of carbonyl (C=O) groups is 2. The van der Waals surface area contributed by atoms with Crippen molar-refractivity contribution in [2.24, 2.45) is 5.92 Å². The van der Waals surface area contributed by atoms with Crippen LogP contribution >= 0.6 is 12.4 Å². The van der Waals surface area contributed by atoms with Gasteiger partial charge >= 0.3 is 5.97 Å². The molecule has 0 N–H and O–H groups in total. The van der Waals surface area contributed by atoms with Crippen molar-refractivity contribution in [2.45, 2.75) is 13.3 Å². The molecule has 1 saturated heterocycles. The van der Waals surface area contributed by atoms with Crippen molar-refractivity contribution in [2.75, 3.05) is 19.7 Å². The topological polar surface area (TPSA) is 46.6 Å². The Morgan fingerprint density at radius 2 is 2.14 bits per heavy atom. The van der Waals surface area contributed by atoms with Crippen LogP contribution in [0.5, 0.6) is 0 Å². The van der Waals surface area contributed by atoms with Crippen LogP contribution in [0.15, 0.2) is 24.3 Å². The van der Waals surface area contributed by atoms with Crippen molar-refractivity contribution < 1.29 is 14.3 Å². The summed E-state index contributed by atoms with van der Waals surface area (Å²) in [5.41, 5.74) is 3.54. The van der Waals surface area contributed by atoms with E-state index in [0.717, 1.165) is 5.70 Å². The first kappa shape index (κ1) is 15.6. The molecule has 1 aliphatic heterocycles. The minimum atomic E-state index is -0.641. The molecule has 2 aliphatic rings. The van der Waals surface area contributed by atoms with Crippen LogP contribution in [0, 0.1) is 5.92 Å². The predicted molar refractivity (Wildman–Crippen MR) is 82.9 cm³/mol. The lowest BCUT2D eigenvalue weighted by Crippen LogP contribution is -2.44. The predicted octanol–water partition coefficient (Wildman–Crippen LogP) is 2.37. The Bertz CT molecular complexity index is 597. The third-order valence-electron chi connectivity index (χ3n) is 3.86. The molecule has 1 heterocycles. The zero-order chi connectivity index (χ0) is 14.1. The molecule has 0 bridgehead atoms. The Labute approximate surface area is 130 Å². The van der Waals surface area contributed by atoms with Crippen LogP contribution in [0.2, 0.25) is 0 Å². The van der Waals surface area contributed by atoms with Gasteiger partial charge in [-0.05, 0) is 18.6 Å². The molecular weight excluding hydrogens is 290 g/mol. The smallest absolute Gasteiger partial charge is 0.318 e. The number of nitrogens with zero attached hydrogens (tertiary/aromatic N) is 1. The van der Waals surface area contributed by atoms with Gasteiger partial charge in [-0.2, -0.15) is 0 Å². The Morgan fingerprint density at radius 3 is 2.86 bits per heavy atom. The van der Waals surface area contributed by atoms with E-state index in [1.807, 2.05) is 12.1 Å². The molecule has 1 aromatic carbocycles. The van der Waals surface area contributed by atoms with Crippen LogP contribution in [0.25, 0.3) is 11.8 Å². The molecule has 5 heteroatoms. The number of piperidine rings is 1. The van der Waals surface area contributed by atoms with Crippen molar-refractivity contribution in [1.82, 2.24) is 4.90 Å². The van der Waals surface area contributed by atoms with Crippen LogP contribution in [0.3, 0.4) is 0 Å². The van der Waals surface area contributed by atoms with E-state index in [9.17, 15) is 9.59 Å². The van der Waals surface area contributed by atoms with Gasteiger partial charge in [-0.1, -0.05) is 24.3 Å². The molecule has 0 radical (unpaired) electrons. The van der Waals surface area contributed by atoms with Crippen LogP contribution in [-0.4, -0.2) is 36.3 Å². The number of Topliss-reactive ketones (excluding diaryl/α,β-unsaturated/α-hetero) is 1. The van der Waals surface area contributed by atoms with Crippen molar-refractivity contribution in [3.63, 3.8) is 0 Å². The Balaban J connectivity index is 0.00000161. The maximum atomic E-state index is 11.9. The minimum absolute atomic E-state index is 0. The van der Waals surface area contributed by atoms with Gasteiger partial charge < -0.3 is 9.64 Å². The molecule has 1 fully saturated rings. The first-order valence-electron chi connectivity index (χ1n) is 6.96. The largest absolute Gasteiger partial charge is 0.465 e. The highest BCUT2D eigenvalue weighted by atomic mass is 35.5. The number of hydrogen-bond acceptors (Lipinski definition) is 4. The van der Waals surface area contributed by atoms with E-state index in [2.05, 4.69) is 23.1 Å². The third kappa shape index (κ3) is 2.81. The molecule has 0 amide bonds. The summed E-state index contributed by atoms with van der Waals surface area (Å²) < 4.78 is 5.00. The van der Waals surface area contributed by atoms with E-state index >= 15 is 0 Å². The van der Waals surface area contributed by atoms with Gasteiger partial charge in [-0.3, -0.25) is 9.59 Å². The van der Waals surface area contributed by atoms with Crippen molar-refractivity contribution >= 4 is 35.9 Å². The van der Waals surface area contributed by atoms with Gasteiger partial charge in [0.05, 0.1) is 6.61 Å². The summed E-state index contributed by atoms with van der Waals surface area (Å²) in [5, 5.41) is 0. The molecule has 4 nitrogen and oxygen atoms in total. The van der Waals surface area contributed by atoms with E-state index in [-0.39, 0.29) is 18.2 Å². The summed E-state index contributed by atoms with van der Waals surface area (Å²) in [7, 11) is 0. The molecule has 1 atom stereocenters. The van der Waals surface area contributed by atoms with E-state index < -0.39 is 11.9 Å². The lowest BCUT2D eigenvalue weighted by Gasteiger charge is -2.37. The van der Waals surface area contributed by atoms with Crippen molar-refractivity contribution in [3.05, 3.63) is 35.4 Å². The number of benzene rings is 1. The first-order chi connectivity index (χ1) is 9.70. The number of esters is 1. The lowest BCUT2D eigenvalue weighted by molar-refractivity contribution is -0.153. The highest BCUT2D eigenvalue weighted by Gasteiger charge is 2.36.